The molecule has 4 nitrogen and oxygen atoms in total. The fourth-order valence-corrected chi connectivity index (χ4v) is 3.31. The van der Waals surface area contributed by atoms with Crippen molar-refractivity contribution in [3.63, 3.8) is 0 Å². The molecule has 1 aliphatic heterocycles. The molecule has 1 aromatic carbocycles. The van der Waals surface area contributed by atoms with Crippen molar-refractivity contribution in [3.05, 3.63) is 23.8 Å². The third-order valence-corrected chi connectivity index (χ3v) is 4.33. The normalized spacial score (nSPS) is 18.8. The average molecular weight is 279 g/mol. The van der Waals surface area contributed by atoms with E-state index in [2.05, 4.69) is 17.9 Å². The van der Waals surface area contributed by atoms with Gasteiger partial charge in [-0.25, -0.2) is 0 Å². The number of nitrogens with zero attached hydrogens (tertiary/aromatic N) is 1. The molecule has 1 fully saturated rings. The van der Waals surface area contributed by atoms with Gasteiger partial charge in [0.1, 0.15) is 5.84 Å². The van der Waals surface area contributed by atoms with Crippen LogP contribution in [0.5, 0.6) is 0 Å². The Labute approximate surface area is 118 Å². The van der Waals surface area contributed by atoms with Crippen molar-refractivity contribution in [1.29, 1.82) is 5.41 Å². The van der Waals surface area contributed by atoms with Crippen LogP contribution in [0.25, 0.3) is 0 Å². The largest absolute Gasteiger partial charge is 0.384 e. The van der Waals surface area contributed by atoms with Crippen LogP contribution in [0.3, 0.4) is 0 Å². The summed E-state index contributed by atoms with van der Waals surface area (Å²) in [6.07, 6.45) is 1.31. The van der Waals surface area contributed by atoms with E-state index in [-0.39, 0.29) is 11.9 Å². The summed E-state index contributed by atoms with van der Waals surface area (Å²) in [5, 5.41) is 7.86. The summed E-state index contributed by atoms with van der Waals surface area (Å²) in [6.45, 7) is 3.94. The van der Waals surface area contributed by atoms with Gasteiger partial charge in [-0.2, -0.15) is 0 Å². The maximum atomic E-state index is 7.86. The number of benzene rings is 1. The molecule has 1 aromatic rings. The Morgan fingerprint density at radius 2 is 2.37 bits per heavy atom. The number of hydrogen-bond acceptors (Lipinski definition) is 4. The van der Waals surface area contributed by atoms with Gasteiger partial charge in [-0.15, -0.1) is 11.8 Å². The van der Waals surface area contributed by atoms with Gasteiger partial charge >= 0.3 is 0 Å². The first-order chi connectivity index (χ1) is 9.17. The van der Waals surface area contributed by atoms with E-state index in [0.29, 0.717) is 0 Å². The van der Waals surface area contributed by atoms with E-state index in [9.17, 15) is 0 Å². The topological polar surface area (TPSA) is 62.3 Å². The van der Waals surface area contributed by atoms with E-state index < -0.39 is 0 Å². The van der Waals surface area contributed by atoms with Crippen molar-refractivity contribution in [2.75, 3.05) is 30.9 Å². The monoisotopic (exact) mass is 279 g/mol. The first-order valence-electron chi connectivity index (χ1n) is 6.55. The molecule has 0 aromatic heterocycles. The third kappa shape index (κ3) is 3.04. The first-order valence-corrected chi connectivity index (χ1v) is 7.53. The fraction of sp³-hybridized carbons (Fsp3) is 0.500. The number of ether oxygens (including phenoxy) is 1. The van der Waals surface area contributed by atoms with Crippen LogP contribution in [-0.4, -0.2) is 37.9 Å². The van der Waals surface area contributed by atoms with E-state index in [1.807, 2.05) is 12.1 Å². The van der Waals surface area contributed by atoms with Gasteiger partial charge in [-0.3, -0.25) is 5.41 Å². The van der Waals surface area contributed by atoms with Crippen LogP contribution in [-0.2, 0) is 4.74 Å². The second-order valence-electron chi connectivity index (χ2n) is 4.59. The van der Waals surface area contributed by atoms with Gasteiger partial charge in [-0.05, 0) is 24.3 Å². The van der Waals surface area contributed by atoms with Gasteiger partial charge in [-0.1, -0.05) is 13.0 Å². The van der Waals surface area contributed by atoms with Gasteiger partial charge in [0.25, 0.3) is 0 Å². The molecule has 5 heteroatoms. The number of rotatable bonds is 5. The predicted octanol–water partition coefficient (Wildman–Crippen LogP) is 2.31. The Bertz CT molecular complexity index is 464. The molecule has 0 saturated carbocycles. The molecule has 0 bridgehead atoms. The Morgan fingerprint density at radius 3 is 2.95 bits per heavy atom. The quantitative estimate of drug-likeness (QED) is 0.493. The van der Waals surface area contributed by atoms with Crippen molar-refractivity contribution in [3.8, 4) is 0 Å². The summed E-state index contributed by atoms with van der Waals surface area (Å²) in [5.41, 5.74) is 7.72. The molecule has 1 heterocycles. The standard InChI is InChI=1S/C14H21N3OS/c1-3-19-12-6-4-5-11(13(12)14(15)16)17-8-7-10(9-17)18-2/h4-6,10H,3,7-9H2,1-2H3,(H3,15,16). The lowest BCUT2D eigenvalue weighted by molar-refractivity contribution is 0.121. The zero-order valence-corrected chi connectivity index (χ0v) is 12.3. The van der Waals surface area contributed by atoms with Crippen LogP contribution in [0.2, 0.25) is 0 Å². The van der Waals surface area contributed by atoms with E-state index in [0.717, 1.165) is 41.4 Å². The number of nitrogen functional groups attached to an aromatic ring is 1. The van der Waals surface area contributed by atoms with Crippen LogP contribution in [0, 0.1) is 5.41 Å². The highest BCUT2D eigenvalue weighted by Crippen LogP contribution is 2.32. The Morgan fingerprint density at radius 1 is 1.58 bits per heavy atom. The second-order valence-corrected chi connectivity index (χ2v) is 5.90. The molecule has 104 valence electrons. The number of methoxy groups -OCH3 is 1. The highest BCUT2D eigenvalue weighted by Gasteiger charge is 2.25. The van der Waals surface area contributed by atoms with E-state index in [4.69, 9.17) is 15.9 Å². The Hall–Kier alpha value is -1.20. The lowest BCUT2D eigenvalue weighted by atomic mass is 10.1. The summed E-state index contributed by atoms with van der Waals surface area (Å²) >= 11 is 1.73. The summed E-state index contributed by atoms with van der Waals surface area (Å²) < 4.78 is 5.41. The van der Waals surface area contributed by atoms with Crippen LogP contribution < -0.4 is 10.6 Å². The zero-order chi connectivity index (χ0) is 13.8. The SMILES string of the molecule is CCSc1cccc(N2CCC(OC)C2)c1C(=N)N. The number of hydrogen-bond donors (Lipinski definition) is 2. The molecular formula is C14H21N3OS. The van der Waals surface area contributed by atoms with Crippen molar-refractivity contribution in [2.24, 2.45) is 5.73 Å². The summed E-state index contributed by atoms with van der Waals surface area (Å²) in [6, 6.07) is 6.13. The molecule has 1 aliphatic rings. The van der Waals surface area contributed by atoms with E-state index in [1.54, 1.807) is 18.9 Å². The lowest BCUT2D eigenvalue weighted by Gasteiger charge is -2.23. The number of nitrogens with two attached hydrogens (primary N) is 1. The fourth-order valence-electron chi connectivity index (χ4n) is 2.47. The number of nitrogens with one attached hydrogen (secondary N) is 1. The molecule has 0 radical (unpaired) electrons. The van der Waals surface area contributed by atoms with Crippen LogP contribution in [0.1, 0.15) is 18.9 Å². The first kappa shape index (κ1) is 14.2. The minimum atomic E-state index is 0.146. The van der Waals surface area contributed by atoms with E-state index >= 15 is 0 Å². The zero-order valence-electron chi connectivity index (χ0n) is 11.5. The lowest BCUT2D eigenvalue weighted by Crippen LogP contribution is -2.26. The molecule has 19 heavy (non-hydrogen) atoms. The molecule has 1 unspecified atom stereocenters. The average Bonchev–Trinajstić information content (AvgIpc) is 2.87. The molecule has 2 rings (SSSR count). The van der Waals surface area contributed by atoms with Gasteiger partial charge in [0, 0.05) is 30.8 Å². The minimum absolute atomic E-state index is 0.146. The summed E-state index contributed by atoms with van der Waals surface area (Å²) in [7, 11) is 1.75. The Balaban J connectivity index is 2.34. The highest BCUT2D eigenvalue weighted by atomic mass is 32.2. The second kappa shape index (κ2) is 6.30. The van der Waals surface area contributed by atoms with Gasteiger partial charge < -0.3 is 15.4 Å². The van der Waals surface area contributed by atoms with Gasteiger partial charge in [0.15, 0.2) is 0 Å². The number of thioether (sulfide) groups is 1. The maximum Gasteiger partial charge on any atom is 0.126 e. The molecular weight excluding hydrogens is 258 g/mol. The van der Waals surface area contributed by atoms with Crippen molar-refractivity contribution >= 4 is 23.3 Å². The van der Waals surface area contributed by atoms with Crippen molar-refractivity contribution < 1.29 is 4.74 Å². The van der Waals surface area contributed by atoms with Crippen LogP contribution in [0.4, 0.5) is 5.69 Å². The van der Waals surface area contributed by atoms with Crippen LogP contribution in [0.15, 0.2) is 23.1 Å². The predicted molar refractivity (Wildman–Crippen MR) is 81.5 cm³/mol. The van der Waals surface area contributed by atoms with E-state index in [1.165, 1.54) is 0 Å². The summed E-state index contributed by atoms with van der Waals surface area (Å²) in [4.78, 5) is 3.36. The molecule has 1 saturated heterocycles. The van der Waals surface area contributed by atoms with Crippen molar-refractivity contribution in [2.45, 2.75) is 24.3 Å². The minimum Gasteiger partial charge on any atom is -0.384 e. The molecule has 0 aliphatic carbocycles. The molecule has 1 atom stereocenters. The Kier molecular flexibility index (Phi) is 4.71. The van der Waals surface area contributed by atoms with Gasteiger partial charge in [0.2, 0.25) is 0 Å². The smallest absolute Gasteiger partial charge is 0.126 e. The number of amidine groups is 1. The molecule has 0 amide bonds. The van der Waals surface area contributed by atoms with Gasteiger partial charge in [0.05, 0.1) is 11.7 Å². The highest BCUT2D eigenvalue weighted by molar-refractivity contribution is 7.99. The maximum absolute atomic E-state index is 7.86. The number of anilines is 1. The molecule has 3 N–H and O–H groups in total. The molecule has 0 spiro atoms. The summed E-state index contributed by atoms with van der Waals surface area (Å²) in [5.74, 6) is 1.12. The third-order valence-electron chi connectivity index (χ3n) is 3.39. The van der Waals surface area contributed by atoms with Crippen LogP contribution >= 0.6 is 11.8 Å². The van der Waals surface area contributed by atoms with Crippen molar-refractivity contribution in [1.82, 2.24) is 0 Å².